The van der Waals surface area contributed by atoms with E-state index >= 15 is 0 Å². The molecular formula is C14H15F3N4O2. The van der Waals surface area contributed by atoms with E-state index in [0.29, 0.717) is 0 Å². The maximum absolute atomic E-state index is 14.2. The summed E-state index contributed by atoms with van der Waals surface area (Å²) >= 11 is 0. The topological polar surface area (TPSA) is 93.9 Å². The van der Waals surface area contributed by atoms with Gasteiger partial charge in [-0.1, -0.05) is 0 Å². The van der Waals surface area contributed by atoms with Gasteiger partial charge in [0.1, 0.15) is 11.9 Å². The summed E-state index contributed by atoms with van der Waals surface area (Å²) in [4.78, 5) is 15.8. The van der Waals surface area contributed by atoms with E-state index in [0.717, 1.165) is 18.5 Å². The van der Waals surface area contributed by atoms with Gasteiger partial charge in [-0.15, -0.1) is 0 Å². The third-order valence-corrected chi connectivity index (χ3v) is 3.22. The van der Waals surface area contributed by atoms with Gasteiger partial charge < -0.3 is 16.2 Å². The van der Waals surface area contributed by atoms with Crippen molar-refractivity contribution in [1.29, 1.82) is 0 Å². The molecule has 1 unspecified atom stereocenters. The SMILES string of the molecule is NC=C(C=NC(F)F)c1ccc(N2CC(CN)OC2=O)cc1F. The molecule has 1 fully saturated rings. The summed E-state index contributed by atoms with van der Waals surface area (Å²) in [6.45, 7) is -2.55. The summed E-state index contributed by atoms with van der Waals surface area (Å²) in [7, 11) is 0. The highest BCUT2D eigenvalue weighted by Crippen LogP contribution is 2.26. The number of rotatable bonds is 5. The summed E-state index contributed by atoms with van der Waals surface area (Å²) in [6, 6.07) is 3.87. The fraction of sp³-hybridized carbons (Fsp3) is 0.286. The van der Waals surface area contributed by atoms with E-state index in [2.05, 4.69) is 4.99 Å². The normalized spacial score (nSPS) is 19.0. The Labute approximate surface area is 130 Å². The number of cyclic esters (lactones) is 1. The molecule has 4 N–H and O–H groups in total. The Hall–Kier alpha value is -2.55. The number of benzene rings is 1. The number of carbonyl (C=O) groups is 1. The van der Waals surface area contributed by atoms with Crippen LogP contribution in [0.15, 0.2) is 29.4 Å². The van der Waals surface area contributed by atoms with Crippen molar-refractivity contribution < 1.29 is 22.7 Å². The van der Waals surface area contributed by atoms with Gasteiger partial charge in [-0.3, -0.25) is 4.90 Å². The molecule has 9 heteroatoms. The highest BCUT2D eigenvalue weighted by atomic mass is 19.3. The van der Waals surface area contributed by atoms with Crippen LogP contribution >= 0.6 is 0 Å². The molecule has 1 saturated heterocycles. The number of ether oxygens (including phenoxy) is 1. The number of allylic oxidation sites excluding steroid dienone is 1. The first-order valence-corrected chi connectivity index (χ1v) is 6.67. The van der Waals surface area contributed by atoms with Crippen LogP contribution in [-0.4, -0.2) is 38.1 Å². The quantitative estimate of drug-likeness (QED) is 0.635. The molecule has 23 heavy (non-hydrogen) atoms. The van der Waals surface area contributed by atoms with Crippen LogP contribution in [0.1, 0.15) is 5.56 Å². The predicted octanol–water partition coefficient (Wildman–Crippen LogP) is 1.70. The zero-order valence-electron chi connectivity index (χ0n) is 12.0. The average molecular weight is 328 g/mol. The Balaban J connectivity index is 2.26. The number of nitrogens with two attached hydrogens (primary N) is 2. The van der Waals surface area contributed by atoms with Crippen LogP contribution in [0.25, 0.3) is 5.57 Å². The Kier molecular flexibility index (Phi) is 5.22. The molecule has 1 aromatic carbocycles. The van der Waals surface area contributed by atoms with Crippen LogP contribution in [0.3, 0.4) is 0 Å². The van der Waals surface area contributed by atoms with Crippen LogP contribution < -0.4 is 16.4 Å². The molecule has 0 spiro atoms. The van der Waals surface area contributed by atoms with E-state index in [1.807, 2.05) is 0 Å². The standard InChI is InChI=1S/C14H15F3N4O2/c15-12-3-9(21-7-10(5-19)23-14(21)22)1-2-11(12)8(4-18)6-20-13(16)17/h1-4,6,10,13H,5,7,18-19H2. The van der Waals surface area contributed by atoms with E-state index < -0.39 is 24.6 Å². The Morgan fingerprint density at radius 3 is 2.78 bits per heavy atom. The van der Waals surface area contributed by atoms with Gasteiger partial charge in [0.05, 0.1) is 12.2 Å². The largest absolute Gasteiger partial charge is 0.443 e. The van der Waals surface area contributed by atoms with Crippen molar-refractivity contribution in [3.05, 3.63) is 35.8 Å². The smallest absolute Gasteiger partial charge is 0.414 e. The molecule has 1 aromatic rings. The third kappa shape index (κ3) is 3.81. The van der Waals surface area contributed by atoms with E-state index in [4.69, 9.17) is 16.2 Å². The molecule has 0 aromatic heterocycles. The molecule has 0 saturated carbocycles. The number of nitrogens with zero attached hydrogens (tertiary/aromatic N) is 2. The first-order chi connectivity index (χ1) is 11.0. The number of anilines is 1. The predicted molar refractivity (Wildman–Crippen MR) is 79.7 cm³/mol. The van der Waals surface area contributed by atoms with E-state index in [9.17, 15) is 18.0 Å². The molecule has 6 nitrogen and oxygen atoms in total. The van der Waals surface area contributed by atoms with E-state index in [1.54, 1.807) is 0 Å². The van der Waals surface area contributed by atoms with Crippen LogP contribution in [0, 0.1) is 5.82 Å². The summed E-state index contributed by atoms with van der Waals surface area (Å²) in [5, 5.41) is 0. The Bertz CT molecular complexity index is 649. The Morgan fingerprint density at radius 2 is 2.26 bits per heavy atom. The van der Waals surface area contributed by atoms with Gasteiger partial charge in [-0.2, -0.15) is 8.78 Å². The number of aliphatic imine (C=N–C) groups is 1. The maximum atomic E-state index is 14.2. The first kappa shape index (κ1) is 16.8. The van der Waals surface area contributed by atoms with Crippen LogP contribution in [0.5, 0.6) is 0 Å². The van der Waals surface area contributed by atoms with Crippen molar-refractivity contribution in [3.8, 4) is 0 Å². The van der Waals surface area contributed by atoms with Gasteiger partial charge in [-0.05, 0) is 18.2 Å². The Morgan fingerprint density at radius 1 is 1.52 bits per heavy atom. The fourth-order valence-electron chi connectivity index (χ4n) is 2.10. The minimum Gasteiger partial charge on any atom is -0.443 e. The van der Waals surface area contributed by atoms with Crippen LogP contribution in [0.4, 0.5) is 23.7 Å². The van der Waals surface area contributed by atoms with Gasteiger partial charge >= 0.3 is 12.6 Å². The second-order valence-electron chi connectivity index (χ2n) is 4.69. The van der Waals surface area contributed by atoms with Gasteiger partial charge in [0.15, 0.2) is 0 Å². The van der Waals surface area contributed by atoms with E-state index in [1.165, 1.54) is 17.0 Å². The number of alkyl halides is 2. The van der Waals surface area contributed by atoms with E-state index in [-0.39, 0.29) is 29.9 Å². The van der Waals surface area contributed by atoms with Crippen molar-refractivity contribution in [3.63, 3.8) is 0 Å². The molecule has 0 aliphatic carbocycles. The second-order valence-corrected chi connectivity index (χ2v) is 4.69. The fourth-order valence-corrected chi connectivity index (χ4v) is 2.10. The van der Waals surface area contributed by atoms with Gasteiger partial charge in [0.2, 0.25) is 0 Å². The minimum atomic E-state index is -2.92. The minimum absolute atomic E-state index is 0.00168. The van der Waals surface area contributed by atoms with Crippen molar-refractivity contribution in [1.82, 2.24) is 0 Å². The lowest BCUT2D eigenvalue weighted by Gasteiger charge is -2.14. The number of hydrogen-bond donors (Lipinski definition) is 2. The van der Waals surface area contributed by atoms with Crippen LogP contribution in [-0.2, 0) is 4.74 Å². The van der Waals surface area contributed by atoms with Crippen molar-refractivity contribution in [2.24, 2.45) is 16.5 Å². The first-order valence-electron chi connectivity index (χ1n) is 6.67. The van der Waals surface area contributed by atoms with Gasteiger partial charge in [-0.25, -0.2) is 14.2 Å². The summed E-state index contributed by atoms with van der Waals surface area (Å²) < 4.78 is 43.4. The molecule has 124 valence electrons. The van der Waals surface area contributed by atoms with Gasteiger partial charge in [0, 0.05) is 30.1 Å². The summed E-state index contributed by atoms with van der Waals surface area (Å²) in [6.07, 6.45) is 0.680. The molecule has 2 rings (SSSR count). The average Bonchev–Trinajstić information content (AvgIpc) is 2.90. The van der Waals surface area contributed by atoms with Crippen molar-refractivity contribution in [2.75, 3.05) is 18.0 Å². The number of halogens is 3. The summed E-state index contributed by atoms with van der Waals surface area (Å²) in [5.74, 6) is -0.732. The number of carbonyl (C=O) groups excluding carboxylic acids is 1. The molecule has 1 aliphatic heterocycles. The molecule has 1 amide bonds. The van der Waals surface area contributed by atoms with Gasteiger partial charge in [0.25, 0.3) is 0 Å². The molecular weight excluding hydrogens is 313 g/mol. The monoisotopic (exact) mass is 328 g/mol. The number of amides is 1. The van der Waals surface area contributed by atoms with Crippen molar-refractivity contribution in [2.45, 2.75) is 12.7 Å². The second kappa shape index (κ2) is 7.14. The molecule has 1 aliphatic rings. The number of hydrogen-bond acceptors (Lipinski definition) is 5. The molecule has 0 bridgehead atoms. The lowest BCUT2D eigenvalue weighted by Crippen LogP contribution is -2.27. The third-order valence-electron chi connectivity index (χ3n) is 3.22. The summed E-state index contributed by atoms with van der Waals surface area (Å²) in [5.41, 5.74) is 11.0. The zero-order valence-corrected chi connectivity index (χ0v) is 12.0. The maximum Gasteiger partial charge on any atom is 0.414 e. The van der Waals surface area contributed by atoms with Crippen molar-refractivity contribution >= 4 is 23.6 Å². The zero-order chi connectivity index (χ0) is 17.0. The van der Waals surface area contributed by atoms with Crippen LogP contribution in [0.2, 0.25) is 0 Å². The molecule has 1 atom stereocenters. The highest BCUT2D eigenvalue weighted by Gasteiger charge is 2.31. The lowest BCUT2D eigenvalue weighted by atomic mass is 10.1. The lowest BCUT2D eigenvalue weighted by molar-refractivity contribution is 0.145. The highest BCUT2D eigenvalue weighted by molar-refractivity contribution is 6.09. The molecule has 0 radical (unpaired) electrons. The molecule has 1 heterocycles.